The maximum Gasteiger partial charge on any atom is 0.228 e. The SMILES string of the molecule is Cc1ccc(CNc2ccc(NC(=O)C3CCCCC3)nc2)cc1. The van der Waals surface area contributed by atoms with E-state index in [1.807, 2.05) is 12.1 Å². The molecule has 0 unspecified atom stereocenters. The van der Waals surface area contributed by atoms with Gasteiger partial charge in [-0.15, -0.1) is 0 Å². The summed E-state index contributed by atoms with van der Waals surface area (Å²) in [7, 11) is 0. The number of carbonyl (C=O) groups is 1. The number of hydrogen-bond donors (Lipinski definition) is 2. The highest BCUT2D eigenvalue weighted by Crippen LogP contribution is 2.24. The van der Waals surface area contributed by atoms with E-state index in [0.717, 1.165) is 37.9 Å². The van der Waals surface area contributed by atoms with Gasteiger partial charge >= 0.3 is 0 Å². The number of nitrogens with zero attached hydrogens (tertiary/aromatic N) is 1. The number of amides is 1. The summed E-state index contributed by atoms with van der Waals surface area (Å²) in [5.41, 5.74) is 3.44. The third-order valence-corrected chi connectivity index (χ3v) is 4.61. The van der Waals surface area contributed by atoms with Crippen LogP contribution in [-0.2, 0) is 11.3 Å². The minimum Gasteiger partial charge on any atom is -0.380 e. The highest BCUT2D eigenvalue weighted by atomic mass is 16.1. The standard InChI is InChI=1S/C20H25N3O/c1-15-7-9-16(10-8-15)13-21-18-11-12-19(22-14-18)23-20(24)17-5-3-2-4-6-17/h7-12,14,17,21H,2-6,13H2,1H3,(H,22,23,24). The molecule has 126 valence electrons. The number of pyridine rings is 1. The van der Waals surface area contributed by atoms with Crippen LogP contribution in [0, 0.1) is 12.8 Å². The highest BCUT2D eigenvalue weighted by molar-refractivity contribution is 5.91. The second-order valence-electron chi connectivity index (χ2n) is 6.60. The van der Waals surface area contributed by atoms with Gasteiger partial charge in [0, 0.05) is 12.5 Å². The van der Waals surface area contributed by atoms with Gasteiger partial charge in [-0.05, 0) is 37.5 Å². The fourth-order valence-electron chi connectivity index (χ4n) is 3.08. The first-order chi connectivity index (χ1) is 11.7. The van der Waals surface area contributed by atoms with Crippen LogP contribution in [-0.4, -0.2) is 10.9 Å². The van der Waals surface area contributed by atoms with E-state index in [2.05, 4.69) is 46.8 Å². The monoisotopic (exact) mass is 323 g/mol. The maximum atomic E-state index is 12.2. The summed E-state index contributed by atoms with van der Waals surface area (Å²) in [4.78, 5) is 16.6. The maximum absolute atomic E-state index is 12.2. The van der Waals surface area contributed by atoms with Crippen molar-refractivity contribution in [3.63, 3.8) is 0 Å². The predicted molar refractivity (Wildman–Crippen MR) is 97.9 cm³/mol. The van der Waals surface area contributed by atoms with Crippen molar-refractivity contribution in [2.45, 2.75) is 45.6 Å². The molecule has 1 fully saturated rings. The number of rotatable bonds is 5. The van der Waals surface area contributed by atoms with Crippen LogP contribution in [0.25, 0.3) is 0 Å². The molecule has 1 saturated carbocycles. The molecule has 1 aliphatic carbocycles. The van der Waals surface area contributed by atoms with Crippen molar-refractivity contribution in [3.05, 3.63) is 53.7 Å². The van der Waals surface area contributed by atoms with Gasteiger partial charge in [0.1, 0.15) is 5.82 Å². The van der Waals surface area contributed by atoms with Crippen LogP contribution in [0.1, 0.15) is 43.2 Å². The molecule has 0 bridgehead atoms. The molecule has 4 nitrogen and oxygen atoms in total. The van der Waals surface area contributed by atoms with Crippen LogP contribution in [0.3, 0.4) is 0 Å². The molecule has 4 heteroatoms. The van der Waals surface area contributed by atoms with Crippen molar-refractivity contribution in [1.29, 1.82) is 0 Å². The van der Waals surface area contributed by atoms with E-state index in [1.54, 1.807) is 6.20 Å². The average molecular weight is 323 g/mol. The molecule has 0 saturated heterocycles. The number of anilines is 2. The Morgan fingerprint density at radius 3 is 2.50 bits per heavy atom. The number of hydrogen-bond acceptors (Lipinski definition) is 3. The third-order valence-electron chi connectivity index (χ3n) is 4.61. The van der Waals surface area contributed by atoms with E-state index in [-0.39, 0.29) is 11.8 Å². The van der Waals surface area contributed by atoms with Crippen LogP contribution >= 0.6 is 0 Å². The number of aryl methyl sites for hydroxylation is 1. The number of carbonyl (C=O) groups excluding carboxylic acids is 1. The molecule has 1 amide bonds. The Labute approximate surface area is 143 Å². The smallest absolute Gasteiger partial charge is 0.228 e. The fraction of sp³-hybridized carbons (Fsp3) is 0.400. The van der Waals surface area contributed by atoms with Crippen LogP contribution in [0.2, 0.25) is 0 Å². The number of aromatic nitrogens is 1. The highest BCUT2D eigenvalue weighted by Gasteiger charge is 2.21. The average Bonchev–Trinajstić information content (AvgIpc) is 2.63. The van der Waals surface area contributed by atoms with Gasteiger partial charge in [0.25, 0.3) is 0 Å². The summed E-state index contributed by atoms with van der Waals surface area (Å²) >= 11 is 0. The summed E-state index contributed by atoms with van der Waals surface area (Å²) in [6.45, 7) is 2.84. The summed E-state index contributed by atoms with van der Waals surface area (Å²) in [5, 5.41) is 6.29. The first-order valence-corrected chi connectivity index (χ1v) is 8.77. The van der Waals surface area contributed by atoms with E-state index in [9.17, 15) is 4.79 Å². The van der Waals surface area contributed by atoms with Crippen LogP contribution in [0.4, 0.5) is 11.5 Å². The molecular formula is C20H25N3O. The molecular weight excluding hydrogens is 298 g/mol. The Bertz CT molecular complexity index is 658. The molecule has 1 aliphatic rings. The van der Waals surface area contributed by atoms with Crippen LogP contribution in [0.5, 0.6) is 0 Å². The number of benzene rings is 1. The van der Waals surface area contributed by atoms with Crippen molar-refractivity contribution in [3.8, 4) is 0 Å². The van der Waals surface area contributed by atoms with Gasteiger partial charge in [-0.1, -0.05) is 49.1 Å². The van der Waals surface area contributed by atoms with E-state index in [4.69, 9.17) is 0 Å². The summed E-state index contributed by atoms with van der Waals surface area (Å²) in [6.07, 6.45) is 7.35. The molecule has 24 heavy (non-hydrogen) atoms. The second kappa shape index (κ2) is 7.95. The minimum absolute atomic E-state index is 0.113. The van der Waals surface area contributed by atoms with E-state index < -0.39 is 0 Å². The zero-order chi connectivity index (χ0) is 16.8. The van der Waals surface area contributed by atoms with Crippen molar-refractivity contribution in [2.24, 2.45) is 5.92 Å². The first kappa shape index (κ1) is 16.5. The van der Waals surface area contributed by atoms with Crippen molar-refractivity contribution in [2.75, 3.05) is 10.6 Å². The van der Waals surface area contributed by atoms with Gasteiger partial charge in [-0.25, -0.2) is 4.98 Å². The lowest BCUT2D eigenvalue weighted by Gasteiger charge is -2.20. The van der Waals surface area contributed by atoms with Crippen LogP contribution in [0.15, 0.2) is 42.6 Å². The Morgan fingerprint density at radius 2 is 1.83 bits per heavy atom. The van der Waals surface area contributed by atoms with E-state index in [0.29, 0.717) is 5.82 Å². The molecule has 0 aliphatic heterocycles. The topological polar surface area (TPSA) is 54.0 Å². The van der Waals surface area contributed by atoms with Gasteiger partial charge in [-0.3, -0.25) is 4.79 Å². The molecule has 0 spiro atoms. The van der Waals surface area contributed by atoms with Gasteiger partial charge < -0.3 is 10.6 Å². The molecule has 2 aromatic rings. The van der Waals surface area contributed by atoms with Crippen molar-refractivity contribution < 1.29 is 4.79 Å². The Kier molecular flexibility index (Phi) is 5.47. The van der Waals surface area contributed by atoms with Gasteiger partial charge in [0.15, 0.2) is 0 Å². The largest absolute Gasteiger partial charge is 0.380 e. The molecule has 3 rings (SSSR count). The van der Waals surface area contributed by atoms with E-state index >= 15 is 0 Å². The van der Waals surface area contributed by atoms with Crippen LogP contribution < -0.4 is 10.6 Å². The summed E-state index contributed by atoms with van der Waals surface area (Å²) in [6, 6.07) is 12.3. The first-order valence-electron chi connectivity index (χ1n) is 8.77. The number of nitrogens with one attached hydrogen (secondary N) is 2. The van der Waals surface area contributed by atoms with Crippen molar-refractivity contribution in [1.82, 2.24) is 4.98 Å². The minimum atomic E-state index is 0.113. The second-order valence-corrected chi connectivity index (χ2v) is 6.60. The Balaban J connectivity index is 1.51. The van der Waals surface area contributed by atoms with Gasteiger partial charge in [-0.2, -0.15) is 0 Å². The lowest BCUT2D eigenvalue weighted by Crippen LogP contribution is -2.25. The molecule has 2 N–H and O–H groups in total. The normalized spacial score (nSPS) is 15.0. The lowest BCUT2D eigenvalue weighted by atomic mass is 9.89. The van der Waals surface area contributed by atoms with Crippen molar-refractivity contribution >= 4 is 17.4 Å². The lowest BCUT2D eigenvalue weighted by molar-refractivity contribution is -0.120. The summed E-state index contributed by atoms with van der Waals surface area (Å²) in [5.74, 6) is 0.897. The molecule has 0 radical (unpaired) electrons. The molecule has 1 heterocycles. The zero-order valence-corrected chi connectivity index (χ0v) is 14.2. The molecule has 1 aromatic heterocycles. The predicted octanol–water partition coefficient (Wildman–Crippen LogP) is 4.52. The quantitative estimate of drug-likeness (QED) is 0.850. The Hall–Kier alpha value is -2.36. The molecule has 1 aromatic carbocycles. The van der Waals surface area contributed by atoms with Gasteiger partial charge in [0.05, 0.1) is 11.9 Å². The zero-order valence-electron chi connectivity index (χ0n) is 14.2. The van der Waals surface area contributed by atoms with Gasteiger partial charge in [0.2, 0.25) is 5.91 Å². The Morgan fingerprint density at radius 1 is 1.08 bits per heavy atom. The summed E-state index contributed by atoms with van der Waals surface area (Å²) < 4.78 is 0. The molecule has 0 atom stereocenters. The third kappa shape index (κ3) is 4.57. The fourth-order valence-corrected chi connectivity index (χ4v) is 3.08. The van der Waals surface area contributed by atoms with E-state index in [1.165, 1.54) is 17.5 Å².